The summed E-state index contributed by atoms with van der Waals surface area (Å²) < 4.78 is 5.25. The summed E-state index contributed by atoms with van der Waals surface area (Å²) in [6.07, 6.45) is 5.32. The average Bonchev–Trinajstić information content (AvgIpc) is 2.98. The first kappa shape index (κ1) is 23.6. The quantitative estimate of drug-likeness (QED) is 0.322. The van der Waals surface area contributed by atoms with Crippen LogP contribution in [-0.4, -0.2) is 31.1 Å². The summed E-state index contributed by atoms with van der Waals surface area (Å²) in [6.45, 7) is 4.50. The lowest BCUT2D eigenvalue weighted by Gasteiger charge is -2.21. The van der Waals surface area contributed by atoms with Crippen LogP contribution in [0.25, 0.3) is 0 Å². The van der Waals surface area contributed by atoms with Gasteiger partial charge in [-0.1, -0.05) is 55.3 Å². The van der Waals surface area contributed by atoms with Gasteiger partial charge in [0.25, 0.3) is 0 Å². The Bertz CT molecular complexity index is 773. The summed E-state index contributed by atoms with van der Waals surface area (Å²) in [5.74, 6) is 0.424. The first-order valence-electron chi connectivity index (χ1n) is 10.2. The third-order valence-corrected chi connectivity index (χ3v) is 5.21. The first-order valence-corrected chi connectivity index (χ1v) is 10.2. The molecule has 0 aliphatic carbocycles. The molecule has 2 aromatic rings. The normalized spacial score (nSPS) is 15.4. The molecule has 3 N–H and O–H groups in total. The van der Waals surface area contributed by atoms with Gasteiger partial charge < -0.3 is 15.8 Å². The maximum absolute atomic E-state index is 6.16. The second-order valence-electron chi connectivity index (χ2n) is 7.38. The number of rotatable bonds is 7. The molecule has 5 nitrogen and oxygen atoms in total. The number of aliphatic imine (C=N–C) groups is 1. The van der Waals surface area contributed by atoms with E-state index in [2.05, 4.69) is 39.5 Å². The maximum atomic E-state index is 6.16. The highest BCUT2D eigenvalue weighted by molar-refractivity contribution is 14.0. The molecule has 1 fully saturated rings. The molecular formula is C23H33IN4O. The molecule has 1 saturated heterocycles. The van der Waals surface area contributed by atoms with E-state index in [0.29, 0.717) is 19.1 Å². The lowest BCUT2D eigenvalue weighted by atomic mass is 10.1. The maximum Gasteiger partial charge on any atom is 0.193 e. The number of hydrogen-bond donors (Lipinski definition) is 2. The van der Waals surface area contributed by atoms with Crippen molar-refractivity contribution in [3.8, 4) is 0 Å². The van der Waals surface area contributed by atoms with Crippen LogP contribution in [0.4, 0.5) is 5.69 Å². The zero-order valence-electron chi connectivity index (χ0n) is 17.3. The Hall–Kier alpha value is -1.64. The van der Waals surface area contributed by atoms with Crippen LogP contribution < -0.4 is 11.1 Å². The molecule has 0 bridgehead atoms. The van der Waals surface area contributed by atoms with Gasteiger partial charge in [-0.25, -0.2) is 4.99 Å². The number of methoxy groups -OCH3 is 1. The number of ether oxygens (including phenoxy) is 1. The molecule has 29 heavy (non-hydrogen) atoms. The summed E-state index contributed by atoms with van der Waals surface area (Å²) in [4.78, 5) is 7.15. The van der Waals surface area contributed by atoms with Crippen LogP contribution in [0.1, 0.15) is 42.4 Å². The van der Waals surface area contributed by atoms with E-state index in [9.17, 15) is 0 Å². The number of nitrogens with one attached hydrogen (secondary N) is 1. The molecule has 1 heterocycles. The summed E-state index contributed by atoms with van der Waals surface area (Å²) in [5.41, 5.74) is 10.7. The van der Waals surface area contributed by atoms with Gasteiger partial charge in [0.05, 0.1) is 13.2 Å². The molecule has 0 aromatic heterocycles. The topological polar surface area (TPSA) is 62.9 Å². The Morgan fingerprint density at radius 1 is 0.966 bits per heavy atom. The number of likely N-dealkylation sites (tertiary alicyclic amines) is 1. The molecule has 3 rings (SSSR count). The van der Waals surface area contributed by atoms with Crippen molar-refractivity contribution in [1.29, 1.82) is 0 Å². The molecule has 158 valence electrons. The number of benzene rings is 2. The van der Waals surface area contributed by atoms with E-state index >= 15 is 0 Å². The van der Waals surface area contributed by atoms with Gasteiger partial charge in [-0.05, 0) is 43.1 Å². The number of guanidine groups is 1. The van der Waals surface area contributed by atoms with Gasteiger partial charge in [-0.15, -0.1) is 24.0 Å². The van der Waals surface area contributed by atoms with Crippen molar-refractivity contribution in [3.05, 3.63) is 65.2 Å². The fraction of sp³-hybridized carbons (Fsp3) is 0.435. The SMILES string of the molecule is COCc1ccccc1NC(N)=NCc1ccccc1CN1CCCCCC1.I. The average molecular weight is 508 g/mol. The zero-order valence-corrected chi connectivity index (χ0v) is 19.6. The second-order valence-corrected chi connectivity index (χ2v) is 7.38. The minimum atomic E-state index is 0. The van der Waals surface area contributed by atoms with Crippen molar-refractivity contribution in [3.63, 3.8) is 0 Å². The van der Waals surface area contributed by atoms with Gasteiger partial charge in [-0.2, -0.15) is 0 Å². The van der Waals surface area contributed by atoms with E-state index in [1.165, 1.54) is 49.9 Å². The van der Waals surface area contributed by atoms with Gasteiger partial charge in [0.1, 0.15) is 0 Å². The Kier molecular flexibility index (Phi) is 10.5. The molecule has 2 aromatic carbocycles. The van der Waals surface area contributed by atoms with Gasteiger partial charge in [0.2, 0.25) is 0 Å². The molecule has 1 aliphatic rings. The van der Waals surface area contributed by atoms with Gasteiger partial charge in [0, 0.05) is 24.9 Å². The Morgan fingerprint density at radius 2 is 1.59 bits per heavy atom. The third-order valence-electron chi connectivity index (χ3n) is 5.21. The van der Waals surface area contributed by atoms with Crippen molar-refractivity contribution in [2.24, 2.45) is 10.7 Å². The number of hydrogen-bond acceptors (Lipinski definition) is 3. The molecule has 0 amide bonds. The number of nitrogens with two attached hydrogens (primary N) is 1. The van der Waals surface area contributed by atoms with Gasteiger partial charge in [0.15, 0.2) is 5.96 Å². The lowest BCUT2D eigenvalue weighted by molar-refractivity contribution is 0.185. The van der Waals surface area contributed by atoms with Crippen LogP contribution in [0.2, 0.25) is 0 Å². The van der Waals surface area contributed by atoms with Crippen LogP contribution in [0.15, 0.2) is 53.5 Å². The minimum Gasteiger partial charge on any atom is -0.380 e. The highest BCUT2D eigenvalue weighted by Gasteiger charge is 2.11. The number of anilines is 1. The highest BCUT2D eigenvalue weighted by atomic mass is 127. The fourth-order valence-electron chi connectivity index (χ4n) is 3.67. The van der Waals surface area contributed by atoms with Gasteiger partial charge in [-0.3, -0.25) is 4.90 Å². The summed E-state index contributed by atoms with van der Waals surface area (Å²) in [6, 6.07) is 16.5. The van der Waals surface area contributed by atoms with Crippen LogP contribution in [0.3, 0.4) is 0 Å². The zero-order chi connectivity index (χ0) is 19.6. The monoisotopic (exact) mass is 508 g/mol. The Labute approximate surface area is 191 Å². The lowest BCUT2D eigenvalue weighted by Crippen LogP contribution is -2.25. The van der Waals surface area contributed by atoms with Gasteiger partial charge >= 0.3 is 0 Å². The van der Waals surface area contributed by atoms with E-state index < -0.39 is 0 Å². The van der Waals surface area contributed by atoms with Crippen LogP contribution in [-0.2, 0) is 24.4 Å². The van der Waals surface area contributed by atoms with Crippen molar-refractivity contribution in [2.75, 3.05) is 25.5 Å². The predicted molar refractivity (Wildman–Crippen MR) is 132 cm³/mol. The Morgan fingerprint density at radius 3 is 2.28 bits per heavy atom. The van der Waals surface area contributed by atoms with Crippen molar-refractivity contribution in [1.82, 2.24) is 4.90 Å². The summed E-state index contributed by atoms with van der Waals surface area (Å²) >= 11 is 0. The van der Waals surface area contributed by atoms with E-state index in [4.69, 9.17) is 10.5 Å². The molecule has 0 saturated carbocycles. The van der Waals surface area contributed by atoms with E-state index in [-0.39, 0.29) is 24.0 Å². The van der Waals surface area contributed by atoms with E-state index in [1.54, 1.807) is 7.11 Å². The number of halogens is 1. The summed E-state index contributed by atoms with van der Waals surface area (Å²) in [7, 11) is 1.69. The largest absolute Gasteiger partial charge is 0.380 e. The third kappa shape index (κ3) is 7.60. The van der Waals surface area contributed by atoms with E-state index in [0.717, 1.165) is 17.8 Å². The Balaban J connectivity index is 0.00000300. The smallest absolute Gasteiger partial charge is 0.193 e. The molecular weight excluding hydrogens is 475 g/mol. The second kappa shape index (κ2) is 12.8. The van der Waals surface area contributed by atoms with Crippen molar-refractivity contribution >= 4 is 35.6 Å². The van der Waals surface area contributed by atoms with Crippen molar-refractivity contribution in [2.45, 2.75) is 45.4 Å². The molecule has 1 aliphatic heterocycles. The first-order chi connectivity index (χ1) is 13.8. The molecule has 0 spiro atoms. The fourth-order valence-corrected chi connectivity index (χ4v) is 3.67. The van der Waals surface area contributed by atoms with Crippen LogP contribution in [0.5, 0.6) is 0 Å². The van der Waals surface area contributed by atoms with E-state index in [1.807, 2.05) is 24.3 Å². The standard InChI is InChI=1S/C23H32N4O.HI/c1-28-18-21-12-6-7-13-22(21)26-23(24)25-16-19-10-4-5-11-20(19)17-27-14-8-2-3-9-15-27;/h4-7,10-13H,2-3,8-9,14-18H2,1H3,(H3,24,25,26);1H. The predicted octanol–water partition coefficient (Wildman–Crippen LogP) is 4.75. The molecule has 0 unspecified atom stereocenters. The van der Waals surface area contributed by atoms with Crippen LogP contribution >= 0.6 is 24.0 Å². The molecule has 0 radical (unpaired) electrons. The van der Waals surface area contributed by atoms with Crippen molar-refractivity contribution < 1.29 is 4.74 Å². The number of nitrogens with zero attached hydrogens (tertiary/aromatic N) is 2. The molecule has 0 atom stereocenters. The number of para-hydroxylation sites is 1. The minimum absolute atomic E-state index is 0. The summed E-state index contributed by atoms with van der Waals surface area (Å²) in [5, 5.41) is 3.21. The highest BCUT2D eigenvalue weighted by Crippen LogP contribution is 2.18. The van der Waals surface area contributed by atoms with Crippen LogP contribution in [0, 0.1) is 0 Å². The molecule has 6 heteroatoms.